The maximum Gasteiger partial charge on any atom is 0.152 e. The number of halogens is 2. The second-order valence-electron chi connectivity index (χ2n) is 4.25. The number of hydrogen-bond acceptors (Lipinski definition) is 1. The fraction of sp³-hybridized carbons (Fsp3) is 0.125. The van der Waals surface area contributed by atoms with E-state index in [4.69, 9.17) is 0 Å². The molecule has 1 nitrogen and oxygen atoms in total. The monoisotopic (exact) mass is 259 g/mol. The molecule has 0 amide bonds. The first-order valence-corrected chi connectivity index (χ1v) is 6.08. The van der Waals surface area contributed by atoms with Gasteiger partial charge in [-0.05, 0) is 24.1 Å². The summed E-state index contributed by atoms with van der Waals surface area (Å²) in [5.41, 5.74) is 1.41. The van der Waals surface area contributed by atoms with Gasteiger partial charge in [0, 0.05) is 6.54 Å². The zero-order chi connectivity index (χ0) is 13.7. The Morgan fingerprint density at radius 2 is 1.79 bits per heavy atom. The zero-order valence-corrected chi connectivity index (χ0v) is 10.7. The van der Waals surface area contributed by atoms with Crippen LogP contribution in [0.25, 0.3) is 6.08 Å². The average molecular weight is 259 g/mol. The molecule has 0 aliphatic heterocycles. The van der Waals surface area contributed by atoms with Gasteiger partial charge in [-0.3, -0.25) is 0 Å². The van der Waals surface area contributed by atoms with Gasteiger partial charge in [-0.25, -0.2) is 8.78 Å². The quantitative estimate of drug-likeness (QED) is 0.858. The van der Waals surface area contributed by atoms with E-state index in [0.29, 0.717) is 12.1 Å². The highest BCUT2D eigenvalue weighted by molar-refractivity contribution is 5.52. The Labute approximate surface area is 111 Å². The lowest BCUT2D eigenvalue weighted by molar-refractivity contribution is 0.583. The normalized spacial score (nSPS) is 10.9. The average Bonchev–Trinajstić information content (AvgIpc) is 2.43. The van der Waals surface area contributed by atoms with E-state index in [9.17, 15) is 8.78 Å². The molecule has 1 N–H and O–H groups in total. The molecule has 0 heterocycles. The summed E-state index contributed by atoms with van der Waals surface area (Å²) in [6.07, 6.45) is 3.73. The highest BCUT2D eigenvalue weighted by atomic mass is 19.1. The van der Waals surface area contributed by atoms with E-state index in [1.807, 2.05) is 42.5 Å². The third-order valence-electron chi connectivity index (χ3n) is 2.79. The van der Waals surface area contributed by atoms with Crippen molar-refractivity contribution in [3.63, 3.8) is 0 Å². The van der Waals surface area contributed by atoms with Crippen LogP contribution in [0.15, 0.2) is 48.5 Å². The molecule has 19 heavy (non-hydrogen) atoms. The fourth-order valence-corrected chi connectivity index (χ4v) is 1.74. The molecule has 0 aliphatic rings. The molecule has 2 aromatic rings. The van der Waals surface area contributed by atoms with E-state index in [-0.39, 0.29) is 5.69 Å². The van der Waals surface area contributed by atoms with Crippen molar-refractivity contribution in [3.8, 4) is 0 Å². The van der Waals surface area contributed by atoms with Crippen LogP contribution in [-0.4, -0.2) is 6.54 Å². The number of rotatable bonds is 4. The van der Waals surface area contributed by atoms with Crippen LogP contribution in [0.3, 0.4) is 0 Å². The van der Waals surface area contributed by atoms with Crippen molar-refractivity contribution in [1.82, 2.24) is 0 Å². The van der Waals surface area contributed by atoms with Crippen LogP contribution in [0.5, 0.6) is 0 Å². The van der Waals surface area contributed by atoms with Crippen LogP contribution in [0.2, 0.25) is 0 Å². The molecule has 2 rings (SSSR count). The minimum Gasteiger partial charge on any atom is -0.377 e. The van der Waals surface area contributed by atoms with E-state index >= 15 is 0 Å². The fourth-order valence-electron chi connectivity index (χ4n) is 1.74. The molecule has 0 aliphatic carbocycles. The van der Waals surface area contributed by atoms with Gasteiger partial charge in [0.15, 0.2) is 5.82 Å². The molecule has 2 aromatic carbocycles. The molecule has 98 valence electrons. The van der Waals surface area contributed by atoms with Crippen LogP contribution >= 0.6 is 0 Å². The number of hydrogen-bond donors (Lipinski definition) is 1. The Bertz CT molecular complexity index is 577. The highest BCUT2D eigenvalue weighted by Gasteiger charge is 2.09. The Morgan fingerprint density at radius 3 is 2.53 bits per heavy atom. The second kappa shape index (κ2) is 6.14. The minimum absolute atomic E-state index is 0.0716. The molecule has 0 bridgehead atoms. The van der Waals surface area contributed by atoms with E-state index in [2.05, 4.69) is 5.32 Å². The van der Waals surface area contributed by atoms with Crippen molar-refractivity contribution in [1.29, 1.82) is 0 Å². The molecule has 3 heteroatoms. The molecular weight excluding hydrogens is 244 g/mol. The van der Waals surface area contributed by atoms with Crippen molar-refractivity contribution in [2.24, 2.45) is 0 Å². The summed E-state index contributed by atoms with van der Waals surface area (Å²) in [6, 6.07) is 12.4. The van der Waals surface area contributed by atoms with Crippen molar-refractivity contribution in [2.75, 3.05) is 11.9 Å². The largest absolute Gasteiger partial charge is 0.377 e. The summed E-state index contributed by atoms with van der Waals surface area (Å²) in [7, 11) is 0. The summed E-state index contributed by atoms with van der Waals surface area (Å²) in [5, 5.41) is 2.76. The molecule has 0 fully saturated rings. The van der Waals surface area contributed by atoms with Crippen LogP contribution in [0.1, 0.15) is 11.1 Å². The van der Waals surface area contributed by atoms with E-state index in [1.54, 1.807) is 6.92 Å². The van der Waals surface area contributed by atoms with Gasteiger partial charge in [0.2, 0.25) is 0 Å². The first kappa shape index (κ1) is 13.3. The van der Waals surface area contributed by atoms with E-state index in [1.165, 1.54) is 12.1 Å². The molecule has 0 unspecified atom stereocenters. The molecule has 0 aromatic heterocycles. The third-order valence-corrected chi connectivity index (χ3v) is 2.79. The van der Waals surface area contributed by atoms with Gasteiger partial charge in [-0.2, -0.15) is 0 Å². The molecule has 0 atom stereocenters. The van der Waals surface area contributed by atoms with Crippen molar-refractivity contribution in [3.05, 3.63) is 71.3 Å². The van der Waals surface area contributed by atoms with E-state index < -0.39 is 11.6 Å². The standard InChI is InChI=1S/C16H15F2N/c1-12-9-10-14(17)16(15(12)18)19-11-5-8-13-6-3-2-4-7-13/h2-10,19H,11H2,1H3/b8-5+. The maximum absolute atomic E-state index is 13.7. The topological polar surface area (TPSA) is 12.0 Å². The SMILES string of the molecule is Cc1ccc(F)c(NC/C=C/c2ccccc2)c1F. The predicted octanol–water partition coefficient (Wildman–Crippen LogP) is 4.40. The van der Waals surface area contributed by atoms with Crippen molar-refractivity contribution >= 4 is 11.8 Å². The first-order chi connectivity index (χ1) is 9.18. The Balaban J connectivity index is 2.00. The van der Waals surface area contributed by atoms with E-state index in [0.717, 1.165) is 5.56 Å². The second-order valence-corrected chi connectivity index (χ2v) is 4.25. The van der Waals surface area contributed by atoms with Gasteiger partial charge in [-0.1, -0.05) is 48.6 Å². The van der Waals surface area contributed by atoms with Crippen molar-refractivity contribution in [2.45, 2.75) is 6.92 Å². The lowest BCUT2D eigenvalue weighted by atomic mass is 10.2. The van der Waals surface area contributed by atoms with Crippen molar-refractivity contribution < 1.29 is 8.78 Å². The van der Waals surface area contributed by atoms with Gasteiger partial charge in [0.1, 0.15) is 11.5 Å². The summed E-state index contributed by atoms with van der Waals surface area (Å²) in [5.74, 6) is -1.11. The van der Waals surface area contributed by atoms with Crippen LogP contribution in [-0.2, 0) is 0 Å². The summed E-state index contributed by atoms with van der Waals surface area (Å²) < 4.78 is 27.1. The number of anilines is 1. The van der Waals surface area contributed by atoms with Gasteiger partial charge in [0.25, 0.3) is 0 Å². The number of nitrogens with one attached hydrogen (secondary N) is 1. The van der Waals surface area contributed by atoms with Gasteiger partial charge in [0.05, 0.1) is 0 Å². The summed E-state index contributed by atoms with van der Waals surface area (Å²) in [4.78, 5) is 0. The Hall–Kier alpha value is -2.16. The first-order valence-electron chi connectivity index (χ1n) is 6.08. The molecule has 0 spiro atoms. The molecule has 0 saturated heterocycles. The van der Waals surface area contributed by atoms with Crippen LogP contribution in [0.4, 0.5) is 14.5 Å². The smallest absolute Gasteiger partial charge is 0.152 e. The third kappa shape index (κ3) is 3.41. The number of benzene rings is 2. The Kier molecular flexibility index (Phi) is 4.29. The van der Waals surface area contributed by atoms with Gasteiger partial charge >= 0.3 is 0 Å². The Morgan fingerprint density at radius 1 is 1.05 bits per heavy atom. The number of aryl methyl sites for hydroxylation is 1. The molecule has 0 radical (unpaired) electrons. The summed E-state index contributed by atoms with van der Waals surface area (Å²) in [6.45, 7) is 1.98. The molecule has 0 saturated carbocycles. The van der Waals surface area contributed by atoms with Gasteiger partial charge in [-0.15, -0.1) is 0 Å². The van der Waals surface area contributed by atoms with Gasteiger partial charge < -0.3 is 5.32 Å². The minimum atomic E-state index is -0.573. The summed E-state index contributed by atoms with van der Waals surface area (Å²) >= 11 is 0. The zero-order valence-electron chi connectivity index (χ0n) is 10.7. The van der Waals surface area contributed by atoms with Crippen LogP contribution < -0.4 is 5.32 Å². The highest BCUT2D eigenvalue weighted by Crippen LogP contribution is 2.21. The van der Waals surface area contributed by atoms with Crippen LogP contribution in [0, 0.1) is 18.6 Å². The maximum atomic E-state index is 13.7. The predicted molar refractivity (Wildman–Crippen MR) is 75.1 cm³/mol. The lowest BCUT2D eigenvalue weighted by Gasteiger charge is -2.08. The molecular formula is C16H15F2N. The lowest BCUT2D eigenvalue weighted by Crippen LogP contribution is -2.04.